The van der Waals surface area contributed by atoms with E-state index in [-0.39, 0.29) is 28.2 Å². The van der Waals surface area contributed by atoms with Crippen molar-refractivity contribution in [1.29, 1.82) is 5.41 Å². The molecule has 1 atom stereocenters. The SMILES string of the molecule is C[C@H](NC(=O)CC(=O)Nc1ccc(C(=N)N)cc1)c1ccc(OC2CC(C)(C)NC(C)(C)C2)c(C(F)(F)F)c1.O=C(O)C(F)(F)F. The minimum absolute atomic E-state index is 0.117. The third-order valence-electron chi connectivity index (χ3n) is 6.68. The van der Waals surface area contributed by atoms with Crippen LogP contribution in [0, 0.1) is 5.41 Å². The monoisotopic (exact) mass is 661 g/mol. The van der Waals surface area contributed by atoms with Gasteiger partial charge in [-0.05, 0) is 76.6 Å². The van der Waals surface area contributed by atoms with Crippen LogP contribution in [0.3, 0.4) is 0 Å². The maximum Gasteiger partial charge on any atom is 0.490 e. The fraction of sp³-hybridized carbons (Fsp3) is 0.467. The van der Waals surface area contributed by atoms with Gasteiger partial charge in [0.1, 0.15) is 24.1 Å². The van der Waals surface area contributed by atoms with Gasteiger partial charge in [0, 0.05) is 35.2 Å². The van der Waals surface area contributed by atoms with E-state index >= 15 is 0 Å². The van der Waals surface area contributed by atoms with E-state index in [1.165, 1.54) is 12.1 Å². The Kier molecular flexibility index (Phi) is 11.8. The minimum atomic E-state index is -5.08. The van der Waals surface area contributed by atoms with Gasteiger partial charge in [0.25, 0.3) is 0 Å². The fourth-order valence-electron chi connectivity index (χ4n) is 5.09. The molecule has 1 fully saturated rings. The van der Waals surface area contributed by atoms with Crippen LogP contribution in [0.15, 0.2) is 42.5 Å². The molecule has 46 heavy (non-hydrogen) atoms. The number of carboxylic acid groups (broad SMARTS) is 1. The van der Waals surface area contributed by atoms with E-state index in [2.05, 4.69) is 16.0 Å². The molecule has 0 spiro atoms. The summed E-state index contributed by atoms with van der Waals surface area (Å²) in [5.74, 6) is -4.36. The van der Waals surface area contributed by atoms with E-state index in [1.54, 1.807) is 31.2 Å². The van der Waals surface area contributed by atoms with Crippen LogP contribution in [-0.4, -0.2) is 52.1 Å². The van der Waals surface area contributed by atoms with Gasteiger partial charge in [0.2, 0.25) is 11.8 Å². The van der Waals surface area contributed by atoms with Crippen LogP contribution in [-0.2, 0) is 20.6 Å². The number of amidine groups is 1. The number of anilines is 1. The highest BCUT2D eigenvalue weighted by atomic mass is 19.4. The number of carboxylic acids is 1. The first-order valence-electron chi connectivity index (χ1n) is 13.9. The topological polar surface area (TPSA) is 167 Å². The van der Waals surface area contributed by atoms with Crippen molar-refractivity contribution in [2.75, 3.05) is 5.32 Å². The van der Waals surface area contributed by atoms with Gasteiger partial charge < -0.3 is 31.5 Å². The molecule has 2 aromatic carbocycles. The van der Waals surface area contributed by atoms with Crippen molar-refractivity contribution in [2.45, 2.75) is 89.5 Å². The van der Waals surface area contributed by atoms with Gasteiger partial charge in [-0.25, -0.2) is 4.79 Å². The first kappa shape index (κ1) is 37.8. The molecular weight excluding hydrogens is 624 g/mol. The number of nitrogens with one attached hydrogen (secondary N) is 4. The predicted molar refractivity (Wildman–Crippen MR) is 157 cm³/mol. The Hall–Kier alpha value is -4.34. The van der Waals surface area contributed by atoms with Crippen LogP contribution in [0.1, 0.15) is 76.6 Å². The number of carbonyl (C=O) groups excluding carboxylic acids is 2. The summed E-state index contributed by atoms with van der Waals surface area (Å²) in [5.41, 5.74) is 5.02. The van der Waals surface area contributed by atoms with Crippen molar-refractivity contribution in [3.8, 4) is 5.75 Å². The summed E-state index contributed by atoms with van der Waals surface area (Å²) < 4.78 is 79.7. The maximum absolute atomic E-state index is 14.0. The Morgan fingerprint density at radius 1 is 1.00 bits per heavy atom. The molecule has 0 bridgehead atoms. The summed E-state index contributed by atoms with van der Waals surface area (Å²) in [4.78, 5) is 33.6. The molecule has 0 unspecified atom stereocenters. The first-order valence-corrected chi connectivity index (χ1v) is 13.9. The van der Waals surface area contributed by atoms with Crippen molar-refractivity contribution >= 4 is 29.3 Å². The van der Waals surface area contributed by atoms with E-state index in [1.807, 2.05) is 27.7 Å². The summed E-state index contributed by atoms with van der Waals surface area (Å²) >= 11 is 0. The number of piperidine rings is 1. The second-order valence-corrected chi connectivity index (χ2v) is 12.1. The summed E-state index contributed by atoms with van der Waals surface area (Å²) in [7, 11) is 0. The zero-order valence-electron chi connectivity index (χ0n) is 25.7. The van der Waals surface area contributed by atoms with Crippen LogP contribution in [0.4, 0.5) is 32.0 Å². The van der Waals surface area contributed by atoms with Crippen LogP contribution >= 0.6 is 0 Å². The van der Waals surface area contributed by atoms with Gasteiger partial charge in [-0.2, -0.15) is 26.3 Å². The molecule has 0 radical (unpaired) electrons. The number of rotatable bonds is 8. The van der Waals surface area contributed by atoms with E-state index < -0.39 is 54.3 Å². The van der Waals surface area contributed by atoms with Crippen LogP contribution in [0.25, 0.3) is 0 Å². The Morgan fingerprint density at radius 3 is 1.98 bits per heavy atom. The van der Waals surface area contributed by atoms with Gasteiger partial charge in [0.15, 0.2) is 0 Å². The third kappa shape index (κ3) is 11.9. The summed E-state index contributed by atoms with van der Waals surface area (Å²) in [6.07, 6.45) is -9.58. The molecule has 1 aliphatic heterocycles. The smallest absolute Gasteiger partial charge is 0.490 e. The largest absolute Gasteiger partial charge is 0.490 e. The van der Waals surface area contributed by atoms with Crippen molar-refractivity contribution in [2.24, 2.45) is 5.73 Å². The summed E-state index contributed by atoms with van der Waals surface area (Å²) in [6.45, 7) is 9.52. The molecule has 1 heterocycles. The van der Waals surface area contributed by atoms with E-state index in [0.29, 0.717) is 24.1 Å². The van der Waals surface area contributed by atoms with Crippen molar-refractivity contribution in [3.05, 3.63) is 59.2 Å². The van der Waals surface area contributed by atoms with Crippen LogP contribution in [0.5, 0.6) is 5.75 Å². The van der Waals surface area contributed by atoms with Gasteiger partial charge in [-0.15, -0.1) is 0 Å². The zero-order chi connectivity index (χ0) is 35.3. The number of benzene rings is 2. The number of hydrogen-bond acceptors (Lipinski definition) is 6. The van der Waals surface area contributed by atoms with Gasteiger partial charge in [-0.3, -0.25) is 15.0 Å². The number of carbonyl (C=O) groups is 3. The number of hydrogen-bond donors (Lipinski definition) is 6. The lowest BCUT2D eigenvalue weighted by molar-refractivity contribution is -0.192. The lowest BCUT2D eigenvalue weighted by Gasteiger charge is -2.46. The highest BCUT2D eigenvalue weighted by Crippen LogP contribution is 2.40. The summed E-state index contributed by atoms with van der Waals surface area (Å²) in [5, 5.41) is 23.1. The van der Waals surface area contributed by atoms with Gasteiger partial charge in [0.05, 0.1) is 11.6 Å². The molecule has 16 heteroatoms. The second kappa shape index (κ2) is 14.4. The molecule has 3 rings (SSSR count). The number of nitrogens with two attached hydrogens (primary N) is 1. The van der Waals surface area contributed by atoms with Crippen molar-refractivity contribution in [3.63, 3.8) is 0 Å². The molecule has 0 aromatic heterocycles. The lowest BCUT2D eigenvalue weighted by Crippen LogP contribution is -2.60. The average Bonchev–Trinajstić information content (AvgIpc) is 2.86. The van der Waals surface area contributed by atoms with E-state index in [9.17, 15) is 35.9 Å². The fourth-order valence-corrected chi connectivity index (χ4v) is 5.09. The lowest BCUT2D eigenvalue weighted by atomic mass is 9.81. The van der Waals surface area contributed by atoms with Gasteiger partial charge in [-0.1, -0.05) is 6.07 Å². The Bertz CT molecular complexity index is 1410. The molecule has 10 nitrogen and oxygen atoms in total. The highest BCUT2D eigenvalue weighted by molar-refractivity contribution is 6.04. The third-order valence-corrected chi connectivity index (χ3v) is 6.68. The highest BCUT2D eigenvalue weighted by Gasteiger charge is 2.41. The molecule has 2 aromatic rings. The molecule has 1 saturated heterocycles. The van der Waals surface area contributed by atoms with Crippen molar-refractivity contribution in [1.82, 2.24) is 10.6 Å². The predicted octanol–water partition coefficient (Wildman–Crippen LogP) is 5.52. The second-order valence-electron chi connectivity index (χ2n) is 12.1. The minimum Gasteiger partial charge on any atom is -0.490 e. The first-order chi connectivity index (χ1) is 20.9. The molecule has 2 amide bonds. The van der Waals surface area contributed by atoms with Crippen molar-refractivity contribution < 1.29 is 50.6 Å². The standard InChI is InChI=1S/C28H36F3N5O3.C2HF3O2/c1-16(34-23(37)13-24(38)35-19-9-6-17(7-10-19)25(32)33)18-8-11-22(21(12-18)28(29,30)31)39-20-14-26(2,3)36-27(4,5)15-20;3-2(4,5)1(6)7/h6-12,16,20,36H,13-15H2,1-5H3,(H3,32,33)(H,34,37)(H,35,38);(H,6,7)/t16-;/m0./s1. The number of halogens is 6. The molecule has 0 saturated carbocycles. The van der Waals surface area contributed by atoms with Gasteiger partial charge >= 0.3 is 18.3 Å². The zero-order valence-corrected chi connectivity index (χ0v) is 25.7. The maximum atomic E-state index is 14.0. The quantitative estimate of drug-likeness (QED) is 0.0938. The van der Waals surface area contributed by atoms with E-state index in [0.717, 1.165) is 6.07 Å². The normalized spacial score (nSPS) is 16.7. The Morgan fingerprint density at radius 2 is 1.52 bits per heavy atom. The van der Waals surface area contributed by atoms with Crippen LogP contribution in [0.2, 0.25) is 0 Å². The summed E-state index contributed by atoms with van der Waals surface area (Å²) in [6, 6.07) is 9.17. The molecule has 254 valence electrons. The molecule has 7 N–H and O–H groups in total. The van der Waals surface area contributed by atoms with E-state index in [4.69, 9.17) is 25.8 Å². The Labute approximate surface area is 261 Å². The number of alkyl halides is 6. The molecule has 0 aliphatic carbocycles. The molecule has 1 aliphatic rings. The number of ether oxygens (including phenoxy) is 1. The Balaban J connectivity index is 0.000000942. The number of nitrogen functional groups attached to an aromatic ring is 1. The number of aliphatic carboxylic acids is 1. The number of amides is 2. The van der Waals surface area contributed by atoms with Crippen LogP contribution < -0.4 is 26.4 Å². The average molecular weight is 662 g/mol. The molecular formula is C30H37F6N5O5.